The monoisotopic (exact) mass is 598 g/mol. The van der Waals surface area contributed by atoms with Gasteiger partial charge in [0, 0.05) is 0 Å². The van der Waals surface area contributed by atoms with Crippen LogP contribution in [-0.2, 0) is 50.3 Å². The van der Waals surface area contributed by atoms with E-state index >= 15 is 0 Å². The molecule has 0 bridgehead atoms. The van der Waals surface area contributed by atoms with Crippen LogP contribution in [0.1, 0.15) is 27.7 Å². The smallest absolute Gasteiger partial charge is 0.462 e. The Labute approximate surface area is 215 Å². The molecule has 5 aliphatic rings. The zero-order valence-electron chi connectivity index (χ0n) is 18.3. The van der Waals surface area contributed by atoms with Crippen molar-refractivity contribution >= 4 is 28.6 Å². The molecule has 32 heavy (non-hydrogen) atoms. The van der Waals surface area contributed by atoms with E-state index in [1.54, 1.807) is 6.42 Å². The summed E-state index contributed by atoms with van der Waals surface area (Å²) in [6.45, 7) is 7.40. The average Bonchev–Trinajstić information content (AvgIpc) is 3.45. The minimum absolute atomic E-state index is 0. The van der Waals surface area contributed by atoms with Gasteiger partial charge < -0.3 is 28.4 Å². The van der Waals surface area contributed by atoms with Crippen LogP contribution in [0.15, 0.2) is 0 Å². The van der Waals surface area contributed by atoms with E-state index in [1.807, 2.05) is 72.6 Å². The van der Waals surface area contributed by atoms with Crippen LogP contribution in [0, 0.1) is 61.2 Å². The first-order chi connectivity index (χ1) is 14.7. The predicted molar refractivity (Wildman–Crippen MR) is 118 cm³/mol. The van der Waals surface area contributed by atoms with Crippen molar-refractivity contribution in [3.05, 3.63) is 61.2 Å². The Bertz CT molecular complexity index is 634. The van der Waals surface area contributed by atoms with Gasteiger partial charge >= 0.3 is 23.0 Å². The molecule has 0 amide bonds. The Morgan fingerprint density at radius 3 is 2.03 bits per heavy atom. The number of halogens is 1. The zero-order valence-corrected chi connectivity index (χ0v) is 21.6. The van der Waals surface area contributed by atoms with E-state index in [0.717, 1.165) is 3.92 Å². The Hall–Kier alpha value is 0.519. The molecule has 3 heterocycles. The molecule has 0 unspecified atom stereocenters. The summed E-state index contributed by atoms with van der Waals surface area (Å²) in [7, 11) is 0. The SMILES string of the molecule is CC1(C)O[C@H]2[C@@H](O1)[C@@H](COC(=O)[C]1[CH][CH][CH][C]1I)O[C@@H]1OC(C)(C)O[C@@H]12.[CH]1[CH][CH][CH][CH]1.[Fe+2]. The van der Waals surface area contributed by atoms with Gasteiger partial charge in [-0.25, -0.2) is 0 Å². The molecule has 2 saturated carbocycles. The summed E-state index contributed by atoms with van der Waals surface area (Å²) >= 11 is 2.10. The molecule has 7 nitrogen and oxygen atoms in total. The molecule has 0 aromatic carbocycles. The number of hydrogen-bond donors (Lipinski definition) is 0. The number of carbonyl (C=O) groups excluding carboxylic acids is 1. The normalized spacial score (nSPS) is 37.7. The first-order valence-corrected chi connectivity index (χ1v) is 11.3. The third-order valence-electron chi connectivity index (χ3n) is 5.17. The standard InChI is InChI=1S/C18H22IO7.C5H5.Fe/c1-17(2)23-12-11(8-21-15(20)9-6-5-7-10(9)19)22-16-14(13(12)24-17)25-18(3,4)26-16;1-2-4-5-3-1;/h5-7,11-14,16H,8H2,1-4H3;1-5H;/q;;+2/t11-,12+,13+,14-,16-;;/m1../s1. The van der Waals surface area contributed by atoms with E-state index in [0.29, 0.717) is 5.92 Å². The third kappa shape index (κ3) is 6.39. The van der Waals surface area contributed by atoms with Gasteiger partial charge in [-0.1, -0.05) is 22.6 Å². The van der Waals surface area contributed by atoms with Crippen LogP contribution in [0.4, 0.5) is 0 Å². The van der Waals surface area contributed by atoms with Crippen molar-refractivity contribution in [1.82, 2.24) is 0 Å². The summed E-state index contributed by atoms with van der Waals surface area (Å²) in [4.78, 5) is 12.3. The fourth-order valence-corrected chi connectivity index (χ4v) is 4.56. The third-order valence-corrected chi connectivity index (χ3v) is 6.11. The van der Waals surface area contributed by atoms with E-state index in [9.17, 15) is 4.79 Å². The summed E-state index contributed by atoms with van der Waals surface area (Å²) in [6.07, 6.45) is 13.2. The van der Waals surface area contributed by atoms with Crippen LogP contribution in [0.3, 0.4) is 0 Å². The average molecular weight is 598 g/mol. The van der Waals surface area contributed by atoms with Crippen LogP contribution in [0.2, 0.25) is 0 Å². The molecular weight excluding hydrogens is 571 g/mol. The molecule has 5 atom stereocenters. The summed E-state index contributed by atoms with van der Waals surface area (Å²) in [5.74, 6) is -1.38. The maximum Gasteiger partial charge on any atom is 2.00 e. The van der Waals surface area contributed by atoms with Crippen molar-refractivity contribution in [1.29, 1.82) is 0 Å². The molecule has 5 fully saturated rings. The Balaban J connectivity index is 0.000000427. The number of fused-ring (bicyclic) bond motifs is 3. The first-order valence-electron chi connectivity index (χ1n) is 10.3. The Morgan fingerprint density at radius 2 is 1.44 bits per heavy atom. The van der Waals surface area contributed by atoms with E-state index < -0.39 is 30.1 Å². The van der Waals surface area contributed by atoms with Crippen molar-refractivity contribution in [2.75, 3.05) is 6.61 Å². The summed E-state index contributed by atoms with van der Waals surface area (Å²) in [6, 6.07) is 0. The molecule has 0 N–H and O–H groups in total. The topological polar surface area (TPSA) is 72.5 Å². The van der Waals surface area contributed by atoms with E-state index in [1.165, 1.54) is 0 Å². The Morgan fingerprint density at radius 1 is 0.875 bits per heavy atom. The number of esters is 1. The molecule has 3 saturated heterocycles. The molecule has 0 aromatic heterocycles. The fraction of sp³-hybridized carbons (Fsp3) is 0.522. The fourth-order valence-electron chi connectivity index (χ4n) is 3.95. The van der Waals surface area contributed by atoms with Crippen molar-refractivity contribution < 1.29 is 50.3 Å². The second-order valence-corrected chi connectivity index (χ2v) is 9.72. The van der Waals surface area contributed by atoms with E-state index in [2.05, 4.69) is 22.6 Å². The van der Waals surface area contributed by atoms with Crippen LogP contribution in [0.5, 0.6) is 0 Å². The first kappa shape index (κ1) is 27.1. The maximum absolute atomic E-state index is 12.3. The maximum atomic E-state index is 12.3. The zero-order chi connectivity index (χ0) is 22.2. The number of hydrogen-bond acceptors (Lipinski definition) is 7. The predicted octanol–water partition coefficient (Wildman–Crippen LogP) is 3.11. The molecule has 0 aromatic rings. The van der Waals surface area contributed by atoms with Crippen LogP contribution in [-0.4, -0.2) is 54.9 Å². The summed E-state index contributed by atoms with van der Waals surface area (Å²) in [5.41, 5.74) is 0. The van der Waals surface area contributed by atoms with Crippen molar-refractivity contribution in [2.24, 2.45) is 0 Å². The van der Waals surface area contributed by atoms with Gasteiger partial charge in [-0.3, -0.25) is 4.79 Å². The molecule has 0 spiro atoms. The number of rotatable bonds is 3. The quantitative estimate of drug-likeness (QED) is 0.281. The van der Waals surface area contributed by atoms with E-state index in [4.69, 9.17) is 28.4 Å². The molecule has 9 heteroatoms. The second-order valence-electron chi connectivity index (χ2n) is 8.56. The van der Waals surface area contributed by atoms with Gasteiger partial charge in [0.1, 0.15) is 36.9 Å². The van der Waals surface area contributed by atoms with E-state index in [-0.39, 0.29) is 41.9 Å². The van der Waals surface area contributed by atoms with Crippen molar-refractivity contribution in [2.45, 2.75) is 70.0 Å². The van der Waals surface area contributed by atoms with Crippen LogP contribution >= 0.6 is 22.6 Å². The van der Waals surface area contributed by atoms with Gasteiger partial charge in [0.15, 0.2) is 17.9 Å². The van der Waals surface area contributed by atoms with Crippen molar-refractivity contribution in [3.63, 3.8) is 0 Å². The molecule has 2 aliphatic carbocycles. The van der Waals surface area contributed by atoms with Gasteiger partial charge in [-0.05, 0) is 79.1 Å². The number of carbonyl (C=O) groups is 1. The molecule has 5 rings (SSSR count). The van der Waals surface area contributed by atoms with Crippen LogP contribution < -0.4 is 0 Å². The Kier molecular flexibility index (Phi) is 9.37. The summed E-state index contributed by atoms with van der Waals surface area (Å²) < 4.78 is 36.2. The van der Waals surface area contributed by atoms with Crippen LogP contribution in [0.25, 0.3) is 0 Å². The molecule has 174 valence electrons. The summed E-state index contributed by atoms with van der Waals surface area (Å²) in [5, 5.41) is 0. The van der Waals surface area contributed by atoms with Gasteiger partial charge in [-0.15, -0.1) is 0 Å². The largest absolute Gasteiger partial charge is 2.00 e. The van der Waals surface area contributed by atoms with Gasteiger partial charge in [-0.2, -0.15) is 0 Å². The minimum atomic E-state index is -0.771. The molecule has 3 aliphatic heterocycles. The van der Waals surface area contributed by atoms with Gasteiger partial charge in [0.2, 0.25) is 0 Å². The molecular formula is C23H27FeIO7+2. The second kappa shape index (κ2) is 11.1. The van der Waals surface area contributed by atoms with Gasteiger partial charge in [0.05, 0.1) is 3.92 Å². The number of ether oxygens (including phenoxy) is 6. The minimum Gasteiger partial charge on any atom is -0.462 e. The molecule has 10 radical (unpaired) electrons. The van der Waals surface area contributed by atoms with Gasteiger partial charge in [0.25, 0.3) is 0 Å². The van der Waals surface area contributed by atoms with Crippen molar-refractivity contribution in [3.8, 4) is 0 Å².